The van der Waals surface area contributed by atoms with Crippen LogP contribution >= 0.6 is 0 Å². The molecule has 3 N–H and O–H groups in total. The standard InChI is InChI=1S/C17H33N3O/c1-4-18-15(20-13-17(21)9-6-10-17)19-12-16(7-5-8-16)11-14(2)3/h14,21H,4-13H2,1-3H3,(H2,18,19,20). The number of hydrogen-bond donors (Lipinski definition) is 3. The molecule has 2 rings (SSSR count). The van der Waals surface area contributed by atoms with Crippen LogP contribution in [0.3, 0.4) is 0 Å². The van der Waals surface area contributed by atoms with E-state index >= 15 is 0 Å². The molecule has 2 aliphatic carbocycles. The number of nitrogens with zero attached hydrogens (tertiary/aromatic N) is 1. The Morgan fingerprint density at radius 2 is 1.81 bits per heavy atom. The van der Waals surface area contributed by atoms with Crippen molar-refractivity contribution in [3.05, 3.63) is 0 Å². The first kappa shape index (κ1) is 16.6. The van der Waals surface area contributed by atoms with E-state index in [0.717, 1.165) is 44.2 Å². The Balaban J connectivity index is 1.87. The molecule has 0 atom stereocenters. The van der Waals surface area contributed by atoms with Crippen molar-refractivity contribution in [1.29, 1.82) is 0 Å². The van der Waals surface area contributed by atoms with Gasteiger partial charge in [0.1, 0.15) is 0 Å². The summed E-state index contributed by atoms with van der Waals surface area (Å²) in [7, 11) is 0. The smallest absolute Gasteiger partial charge is 0.191 e. The zero-order chi connectivity index (χ0) is 15.3. The minimum Gasteiger partial charge on any atom is -0.388 e. The first-order valence-electron chi connectivity index (χ1n) is 8.72. The summed E-state index contributed by atoms with van der Waals surface area (Å²) in [4.78, 5) is 4.81. The fourth-order valence-corrected chi connectivity index (χ4v) is 3.57. The molecule has 0 heterocycles. The van der Waals surface area contributed by atoms with Gasteiger partial charge < -0.3 is 15.7 Å². The van der Waals surface area contributed by atoms with Gasteiger partial charge in [-0.2, -0.15) is 0 Å². The largest absolute Gasteiger partial charge is 0.388 e. The second-order valence-corrected chi connectivity index (χ2v) is 7.58. The van der Waals surface area contributed by atoms with Gasteiger partial charge in [-0.3, -0.25) is 4.99 Å². The van der Waals surface area contributed by atoms with Crippen molar-refractivity contribution in [2.45, 2.75) is 71.3 Å². The molecule has 122 valence electrons. The monoisotopic (exact) mass is 295 g/mol. The molecule has 0 amide bonds. The molecule has 2 aliphatic rings. The molecule has 0 aromatic rings. The van der Waals surface area contributed by atoms with Crippen LogP contribution in [0.5, 0.6) is 0 Å². The van der Waals surface area contributed by atoms with Gasteiger partial charge in [-0.15, -0.1) is 0 Å². The lowest BCUT2D eigenvalue weighted by molar-refractivity contribution is -0.0279. The lowest BCUT2D eigenvalue weighted by Gasteiger charge is -2.42. The molecule has 0 aromatic carbocycles. The number of hydrogen-bond acceptors (Lipinski definition) is 2. The van der Waals surface area contributed by atoms with Gasteiger partial charge >= 0.3 is 0 Å². The first-order valence-corrected chi connectivity index (χ1v) is 8.72. The normalized spacial score (nSPS) is 23.4. The van der Waals surface area contributed by atoms with Gasteiger partial charge in [-0.05, 0) is 56.8 Å². The molecule has 21 heavy (non-hydrogen) atoms. The summed E-state index contributed by atoms with van der Waals surface area (Å²) in [6.45, 7) is 9.09. The Kier molecular flexibility index (Phi) is 5.53. The Morgan fingerprint density at radius 3 is 2.24 bits per heavy atom. The van der Waals surface area contributed by atoms with Crippen LogP contribution in [0, 0.1) is 11.3 Å². The maximum atomic E-state index is 10.2. The maximum Gasteiger partial charge on any atom is 0.191 e. The van der Waals surface area contributed by atoms with E-state index in [1.54, 1.807) is 0 Å². The minimum atomic E-state index is -0.498. The highest BCUT2D eigenvalue weighted by Gasteiger charge is 2.37. The fraction of sp³-hybridized carbons (Fsp3) is 0.941. The predicted octanol–water partition coefficient (Wildman–Crippen LogP) is 2.67. The maximum absolute atomic E-state index is 10.2. The lowest BCUT2D eigenvalue weighted by atomic mass is 9.64. The zero-order valence-electron chi connectivity index (χ0n) is 14.0. The highest BCUT2D eigenvalue weighted by atomic mass is 16.3. The number of rotatable bonds is 7. The summed E-state index contributed by atoms with van der Waals surface area (Å²) in [6.07, 6.45) is 8.23. The average Bonchev–Trinajstić information content (AvgIpc) is 2.35. The van der Waals surface area contributed by atoms with E-state index in [4.69, 9.17) is 4.99 Å². The summed E-state index contributed by atoms with van der Waals surface area (Å²) in [5, 5.41) is 16.8. The van der Waals surface area contributed by atoms with Crippen LogP contribution < -0.4 is 10.6 Å². The average molecular weight is 295 g/mol. The van der Waals surface area contributed by atoms with Crippen LogP contribution in [0.4, 0.5) is 0 Å². The van der Waals surface area contributed by atoms with E-state index in [2.05, 4.69) is 31.4 Å². The molecule has 4 heteroatoms. The summed E-state index contributed by atoms with van der Waals surface area (Å²) in [6, 6.07) is 0. The molecular weight excluding hydrogens is 262 g/mol. The summed E-state index contributed by atoms with van der Waals surface area (Å²) < 4.78 is 0. The van der Waals surface area contributed by atoms with Crippen molar-refractivity contribution in [3.8, 4) is 0 Å². The minimum absolute atomic E-state index is 0.434. The third kappa shape index (κ3) is 4.60. The molecule has 0 bridgehead atoms. The van der Waals surface area contributed by atoms with Crippen molar-refractivity contribution in [1.82, 2.24) is 10.6 Å². The fourth-order valence-electron chi connectivity index (χ4n) is 3.57. The van der Waals surface area contributed by atoms with Gasteiger partial charge in [-0.1, -0.05) is 20.3 Å². The van der Waals surface area contributed by atoms with Crippen molar-refractivity contribution in [3.63, 3.8) is 0 Å². The van der Waals surface area contributed by atoms with Gasteiger partial charge in [0.15, 0.2) is 5.96 Å². The van der Waals surface area contributed by atoms with Crippen molar-refractivity contribution < 1.29 is 5.11 Å². The molecule has 2 fully saturated rings. The predicted molar refractivity (Wildman–Crippen MR) is 88.5 cm³/mol. The molecule has 0 unspecified atom stereocenters. The van der Waals surface area contributed by atoms with E-state index in [-0.39, 0.29) is 0 Å². The van der Waals surface area contributed by atoms with Gasteiger partial charge in [0.2, 0.25) is 0 Å². The lowest BCUT2D eigenvalue weighted by Crippen LogP contribution is -2.51. The van der Waals surface area contributed by atoms with Gasteiger partial charge in [0.05, 0.1) is 5.60 Å². The number of nitrogens with one attached hydrogen (secondary N) is 2. The van der Waals surface area contributed by atoms with Crippen LogP contribution in [0.1, 0.15) is 65.7 Å². The second kappa shape index (κ2) is 6.99. The Bertz CT molecular complexity index is 357. The SMILES string of the molecule is CCNC(=NCC1(CC(C)C)CCC1)NCC1(O)CCC1. The van der Waals surface area contributed by atoms with Crippen molar-refractivity contribution in [2.75, 3.05) is 19.6 Å². The second-order valence-electron chi connectivity index (χ2n) is 7.58. The summed E-state index contributed by atoms with van der Waals surface area (Å²) in [5.74, 6) is 1.61. The Hall–Kier alpha value is -0.770. The molecular formula is C17H33N3O. The quantitative estimate of drug-likeness (QED) is 0.500. The van der Waals surface area contributed by atoms with E-state index in [9.17, 15) is 5.11 Å². The number of guanidine groups is 1. The van der Waals surface area contributed by atoms with E-state index in [0.29, 0.717) is 12.0 Å². The highest BCUT2D eigenvalue weighted by molar-refractivity contribution is 5.79. The third-order valence-corrected chi connectivity index (χ3v) is 5.04. The van der Waals surface area contributed by atoms with Gasteiger partial charge in [0, 0.05) is 19.6 Å². The topological polar surface area (TPSA) is 56.7 Å². The molecule has 0 radical (unpaired) electrons. The Labute approximate surface area is 129 Å². The van der Waals surface area contributed by atoms with Crippen LogP contribution in [0.2, 0.25) is 0 Å². The summed E-state index contributed by atoms with van der Waals surface area (Å²) in [5.41, 5.74) is -0.0633. The molecule has 0 aromatic heterocycles. The molecule has 2 saturated carbocycles. The number of aliphatic imine (C=N–C) groups is 1. The van der Waals surface area contributed by atoms with E-state index < -0.39 is 5.60 Å². The van der Waals surface area contributed by atoms with Crippen LogP contribution in [-0.2, 0) is 0 Å². The van der Waals surface area contributed by atoms with Crippen molar-refractivity contribution in [2.24, 2.45) is 16.3 Å². The van der Waals surface area contributed by atoms with Crippen LogP contribution in [-0.4, -0.2) is 36.3 Å². The first-order chi connectivity index (χ1) is 9.97. The van der Waals surface area contributed by atoms with Crippen LogP contribution in [0.25, 0.3) is 0 Å². The van der Waals surface area contributed by atoms with E-state index in [1.165, 1.54) is 25.7 Å². The zero-order valence-corrected chi connectivity index (χ0v) is 14.0. The van der Waals surface area contributed by atoms with Gasteiger partial charge in [-0.25, -0.2) is 0 Å². The van der Waals surface area contributed by atoms with Crippen LogP contribution in [0.15, 0.2) is 4.99 Å². The molecule has 0 spiro atoms. The number of aliphatic hydroxyl groups is 1. The van der Waals surface area contributed by atoms with Crippen molar-refractivity contribution >= 4 is 5.96 Å². The molecule has 0 saturated heterocycles. The summed E-state index contributed by atoms with van der Waals surface area (Å²) >= 11 is 0. The van der Waals surface area contributed by atoms with E-state index in [1.807, 2.05) is 0 Å². The van der Waals surface area contributed by atoms with Gasteiger partial charge in [0.25, 0.3) is 0 Å². The Morgan fingerprint density at radius 1 is 1.14 bits per heavy atom. The molecule has 0 aliphatic heterocycles. The molecule has 4 nitrogen and oxygen atoms in total. The third-order valence-electron chi connectivity index (χ3n) is 5.04. The highest BCUT2D eigenvalue weighted by Crippen LogP contribution is 2.46.